The van der Waals surface area contributed by atoms with Gasteiger partial charge in [0.2, 0.25) is 5.91 Å². The third-order valence-electron chi connectivity index (χ3n) is 4.03. The van der Waals surface area contributed by atoms with Gasteiger partial charge < -0.3 is 10.1 Å². The van der Waals surface area contributed by atoms with Crippen LogP contribution in [0.25, 0.3) is 0 Å². The molecule has 2 atom stereocenters. The smallest absolute Gasteiger partial charge is 0.355 e. The third kappa shape index (κ3) is 4.51. The number of amides is 2. The summed E-state index contributed by atoms with van der Waals surface area (Å²) in [5, 5.41) is 4.47. The highest BCUT2D eigenvalue weighted by Crippen LogP contribution is 2.41. The van der Waals surface area contributed by atoms with Crippen molar-refractivity contribution in [3.8, 4) is 0 Å². The van der Waals surface area contributed by atoms with Crippen molar-refractivity contribution in [2.45, 2.75) is 44.2 Å². The van der Waals surface area contributed by atoms with Gasteiger partial charge in [0.25, 0.3) is 5.91 Å². The number of β-lactam (4-membered cyclic amide) rings is 1. The van der Waals surface area contributed by atoms with E-state index in [1.165, 1.54) is 16.2 Å². The molecular formula is C18H21IN2O4S2. The van der Waals surface area contributed by atoms with Gasteiger partial charge in [-0.25, -0.2) is 4.79 Å². The Hall–Kier alpha value is -1.07. The van der Waals surface area contributed by atoms with E-state index >= 15 is 0 Å². The molecule has 1 fully saturated rings. The van der Waals surface area contributed by atoms with Crippen LogP contribution in [0.1, 0.15) is 25.6 Å². The molecule has 3 rings (SSSR count). The van der Waals surface area contributed by atoms with Crippen LogP contribution in [-0.4, -0.2) is 49.9 Å². The fraction of sp³-hybridized carbons (Fsp3) is 0.500. The molecule has 146 valence electrons. The van der Waals surface area contributed by atoms with Crippen LogP contribution < -0.4 is 5.32 Å². The summed E-state index contributed by atoms with van der Waals surface area (Å²) >= 11 is 5.27. The molecule has 9 heteroatoms. The van der Waals surface area contributed by atoms with Gasteiger partial charge in [-0.05, 0) is 37.8 Å². The van der Waals surface area contributed by atoms with E-state index in [1.807, 2.05) is 17.5 Å². The Balaban J connectivity index is 1.72. The Morgan fingerprint density at radius 2 is 2.15 bits per heavy atom. The summed E-state index contributed by atoms with van der Waals surface area (Å²) in [7, 11) is 0. The van der Waals surface area contributed by atoms with Gasteiger partial charge in [0, 0.05) is 15.1 Å². The highest BCUT2D eigenvalue weighted by atomic mass is 127. The molecule has 0 spiro atoms. The topological polar surface area (TPSA) is 75.7 Å². The van der Waals surface area contributed by atoms with Gasteiger partial charge in [-0.2, -0.15) is 0 Å². The number of fused-ring (bicyclic) bond motifs is 1. The second-order valence-electron chi connectivity index (χ2n) is 7.30. The first-order valence-electron chi connectivity index (χ1n) is 8.49. The van der Waals surface area contributed by atoms with Gasteiger partial charge in [-0.15, -0.1) is 23.1 Å². The van der Waals surface area contributed by atoms with E-state index in [9.17, 15) is 14.4 Å². The molecule has 2 aliphatic heterocycles. The standard InChI is InChI=1S/C18H21IN2O4S2/c1-18(2,3)25-17(24)14-10(8-19)9-27-16-13(15(23)21(14)16)20-12(22)7-11-5-4-6-26-11/h4-6,13,16H,7-9H2,1-3H3,(H,20,22)/t13?,16-/m1/s1. The van der Waals surface area contributed by atoms with Crippen LogP contribution >= 0.6 is 45.7 Å². The number of thiophene rings is 1. The van der Waals surface area contributed by atoms with Crippen LogP contribution in [0, 0.1) is 0 Å². The predicted molar refractivity (Wildman–Crippen MR) is 115 cm³/mol. The van der Waals surface area contributed by atoms with E-state index in [0.717, 1.165) is 10.5 Å². The highest BCUT2D eigenvalue weighted by Gasteiger charge is 2.54. The normalized spacial score (nSPS) is 22.2. The molecule has 0 aromatic carbocycles. The average molecular weight is 520 g/mol. The number of halogens is 1. The van der Waals surface area contributed by atoms with Crippen LogP contribution in [0.5, 0.6) is 0 Å². The summed E-state index contributed by atoms with van der Waals surface area (Å²) in [5.74, 6) is -0.270. The molecule has 1 unspecified atom stereocenters. The molecule has 27 heavy (non-hydrogen) atoms. The molecule has 0 bridgehead atoms. The van der Waals surface area contributed by atoms with Crippen LogP contribution in [0.4, 0.5) is 0 Å². The van der Waals surface area contributed by atoms with Crippen molar-refractivity contribution in [1.82, 2.24) is 10.2 Å². The van der Waals surface area contributed by atoms with Crippen molar-refractivity contribution in [3.63, 3.8) is 0 Å². The zero-order valence-electron chi connectivity index (χ0n) is 15.3. The number of esters is 1. The fourth-order valence-electron chi connectivity index (χ4n) is 2.90. The minimum Gasteiger partial charge on any atom is -0.455 e. The van der Waals surface area contributed by atoms with Gasteiger partial charge in [0.05, 0.1) is 6.42 Å². The maximum atomic E-state index is 12.7. The number of thioether (sulfide) groups is 1. The first kappa shape index (κ1) is 20.7. The van der Waals surface area contributed by atoms with E-state index < -0.39 is 17.6 Å². The quantitative estimate of drug-likeness (QED) is 0.280. The first-order chi connectivity index (χ1) is 12.7. The monoisotopic (exact) mass is 520 g/mol. The molecule has 1 N–H and O–H groups in total. The number of hydrogen-bond acceptors (Lipinski definition) is 6. The summed E-state index contributed by atoms with van der Waals surface area (Å²) in [6.45, 7) is 5.40. The van der Waals surface area contributed by atoms with Crippen molar-refractivity contribution in [2.75, 3.05) is 10.2 Å². The maximum absolute atomic E-state index is 12.7. The largest absolute Gasteiger partial charge is 0.455 e. The lowest BCUT2D eigenvalue weighted by atomic mass is 10.0. The Bertz CT molecular complexity index is 786. The summed E-state index contributed by atoms with van der Waals surface area (Å²) in [4.78, 5) is 40.1. The van der Waals surface area contributed by atoms with Gasteiger partial charge in [-0.3, -0.25) is 14.5 Å². The van der Waals surface area contributed by atoms with Gasteiger partial charge >= 0.3 is 5.97 Å². The average Bonchev–Trinajstić information content (AvgIpc) is 3.09. The summed E-state index contributed by atoms with van der Waals surface area (Å²) < 4.78 is 6.15. The minimum absolute atomic E-state index is 0.182. The van der Waals surface area contributed by atoms with Crippen molar-refractivity contribution in [2.24, 2.45) is 0 Å². The molecule has 1 aromatic rings. The molecule has 0 saturated carbocycles. The Kier molecular flexibility index (Phi) is 6.21. The zero-order chi connectivity index (χ0) is 19.8. The lowest BCUT2D eigenvalue weighted by Gasteiger charge is -2.50. The predicted octanol–water partition coefficient (Wildman–Crippen LogP) is 2.72. The molecule has 1 saturated heterocycles. The summed E-state index contributed by atoms with van der Waals surface area (Å²) in [6, 6.07) is 3.18. The number of ether oxygens (including phenoxy) is 1. The number of hydrogen-bond donors (Lipinski definition) is 1. The van der Waals surface area contributed by atoms with Gasteiger partial charge in [-0.1, -0.05) is 28.7 Å². The molecule has 6 nitrogen and oxygen atoms in total. The zero-order valence-corrected chi connectivity index (χ0v) is 19.1. The molecular weight excluding hydrogens is 499 g/mol. The van der Waals surface area contributed by atoms with Crippen LogP contribution in [0.3, 0.4) is 0 Å². The number of alkyl halides is 1. The van der Waals surface area contributed by atoms with Gasteiger partial charge in [0.1, 0.15) is 22.7 Å². The Morgan fingerprint density at radius 1 is 1.41 bits per heavy atom. The molecule has 0 aliphatic carbocycles. The van der Waals surface area contributed by atoms with Gasteiger partial charge in [0.15, 0.2) is 0 Å². The summed E-state index contributed by atoms with van der Waals surface area (Å²) in [6.07, 6.45) is 0.257. The minimum atomic E-state index is -0.636. The van der Waals surface area contributed by atoms with E-state index in [-0.39, 0.29) is 23.6 Å². The fourth-order valence-corrected chi connectivity index (χ4v) is 5.94. The van der Waals surface area contributed by atoms with Crippen LogP contribution in [0.15, 0.2) is 28.8 Å². The molecule has 3 heterocycles. The SMILES string of the molecule is CC(C)(C)OC(=O)C1=C(CI)CS[C@@H]2C(NC(=O)Cc3cccs3)C(=O)N12. The van der Waals surface area contributed by atoms with E-state index in [1.54, 1.807) is 32.5 Å². The number of nitrogens with one attached hydrogen (secondary N) is 1. The Morgan fingerprint density at radius 3 is 2.74 bits per heavy atom. The van der Waals surface area contributed by atoms with E-state index in [4.69, 9.17) is 4.74 Å². The van der Waals surface area contributed by atoms with Crippen molar-refractivity contribution in [3.05, 3.63) is 33.7 Å². The number of carbonyl (C=O) groups excluding carboxylic acids is 3. The number of nitrogens with zero attached hydrogens (tertiary/aromatic N) is 1. The second kappa shape index (κ2) is 8.12. The maximum Gasteiger partial charge on any atom is 0.355 e. The summed E-state index contributed by atoms with van der Waals surface area (Å²) in [5.41, 5.74) is 0.600. The molecule has 2 amide bonds. The van der Waals surface area contributed by atoms with E-state index in [0.29, 0.717) is 15.9 Å². The van der Waals surface area contributed by atoms with Crippen LogP contribution in [0.2, 0.25) is 0 Å². The van der Waals surface area contributed by atoms with Crippen LogP contribution in [-0.2, 0) is 25.5 Å². The Labute approximate surface area is 180 Å². The van der Waals surface area contributed by atoms with Crippen molar-refractivity contribution < 1.29 is 19.1 Å². The lowest BCUT2D eigenvalue weighted by molar-refractivity contribution is -0.159. The van der Waals surface area contributed by atoms with Crippen molar-refractivity contribution in [1.29, 1.82) is 0 Å². The number of rotatable bonds is 5. The second-order valence-corrected chi connectivity index (χ2v) is 10.2. The lowest BCUT2D eigenvalue weighted by Crippen LogP contribution is -2.70. The highest BCUT2D eigenvalue weighted by molar-refractivity contribution is 14.1. The third-order valence-corrected chi connectivity index (χ3v) is 7.17. The molecule has 2 aliphatic rings. The van der Waals surface area contributed by atoms with E-state index in [2.05, 4.69) is 27.9 Å². The molecule has 1 aromatic heterocycles. The number of carbonyl (C=O) groups is 3. The molecule has 0 radical (unpaired) electrons. The van der Waals surface area contributed by atoms with Crippen molar-refractivity contribution >= 4 is 63.5 Å². The first-order valence-corrected chi connectivity index (χ1v) is 11.9.